The Kier molecular flexibility index (Phi) is 3.46. The Hall–Kier alpha value is -2.22. The molecular weight excluding hydrogens is 213 g/mol. The van der Waals surface area contributed by atoms with Crippen molar-refractivity contribution in [1.82, 2.24) is 0 Å². The lowest BCUT2D eigenvalue weighted by Gasteiger charge is -1.99. The van der Waals surface area contributed by atoms with E-state index in [-0.39, 0.29) is 5.82 Å². The van der Waals surface area contributed by atoms with Gasteiger partial charge in [0.25, 0.3) is 0 Å². The van der Waals surface area contributed by atoms with E-state index in [0.717, 1.165) is 16.8 Å². The molecule has 84 valence electrons. The molecule has 0 unspecified atom stereocenters. The van der Waals surface area contributed by atoms with Crippen molar-refractivity contribution in [2.75, 3.05) is 0 Å². The van der Waals surface area contributed by atoms with E-state index in [9.17, 15) is 4.39 Å². The zero-order chi connectivity index (χ0) is 12.1. The van der Waals surface area contributed by atoms with Gasteiger partial charge in [-0.25, -0.2) is 4.39 Å². The quantitative estimate of drug-likeness (QED) is 0.693. The van der Waals surface area contributed by atoms with Gasteiger partial charge in [-0.3, -0.25) is 4.99 Å². The zero-order valence-electron chi connectivity index (χ0n) is 9.31. The molecule has 0 fully saturated rings. The van der Waals surface area contributed by atoms with Crippen LogP contribution in [-0.2, 0) is 0 Å². The van der Waals surface area contributed by atoms with E-state index in [2.05, 4.69) is 11.6 Å². The van der Waals surface area contributed by atoms with Gasteiger partial charge in [-0.15, -0.1) is 0 Å². The minimum absolute atomic E-state index is 0.242. The van der Waals surface area contributed by atoms with Crippen molar-refractivity contribution >= 4 is 18.0 Å². The zero-order valence-corrected chi connectivity index (χ0v) is 9.31. The van der Waals surface area contributed by atoms with Crippen molar-refractivity contribution < 1.29 is 4.39 Å². The summed E-state index contributed by atoms with van der Waals surface area (Å²) in [7, 11) is 0. The van der Waals surface area contributed by atoms with Crippen molar-refractivity contribution in [2.24, 2.45) is 4.99 Å². The summed E-state index contributed by atoms with van der Waals surface area (Å²) in [5.74, 6) is -0.242. The first-order chi connectivity index (χ1) is 8.29. The fraction of sp³-hybridized carbons (Fsp3) is 0. The van der Waals surface area contributed by atoms with Gasteiger partial charge in [0, 0.05) is 6.21 Å². The Labute approximate surface area is 100.0 Å². The lowest BCUT2D eigenvalue weighted by molar-refractivity contribution is 0.628. The standard InChI is InChI=1S/C15H12FN/c1-2-13-5-3-4-6-15(13)17-11-12-7-9-14(16)10-8-12/h2-11H,1H2. The van der Waals surface area contributed by atoms with Crippen LogP contribution in [0.5, 0.6) is 0 Å². The second-order valence-corrected chi connectivity index (χ2v) is 3.57. The number of rotatable bonds is 3. The van der Waals surface area contributed by atoms with Gasteiger partial charge in [0.15, 0.2) is 0 Å². The lowest BCUT2D eigenvalue weighted by atomic mass is 10.2. The highest BCUT2D eigenvalue weighted by molar-refractivity contribution is 5.83. The summed E-state index contributed by atoms with van der Waals surface area (Å²) in [5.41, 5.74) is 2.70. The highest BCUT2D eigenvalue weighted by Gasteiger charge is 1.94. The van der Waals surface area contributed by atoms with E-state index in [0.29, 0.717) is 0 Å². The second-order valence-electron chi connectivity index (χ2n) is 3.57. The topological polar surface area (TPSA) is 12.4 Å². The van der Waals surface area contributed by atoms with Crippen LogP contribution in [0.1, 0.15) is 11.1 Å². The van der Waals surface area contributed by atoms with Crippen LogP contribution in [0.3, 0.4) is 0 Å². The highest BCUT2D eigenvalue weighted by Crippen LogP contribution is 2.19. The number of hydrogen-bond acceptors (Lipinski definition) is 1. The Morgan fingerprint density at radius 2 is 1.71 bits per heavy atom. The first kappa shape index (κ1) is 11.3. The molecule has 0 spiro atoms. The Morgan fingerprint density at radius 3 is 2.41 bits per heavy atom. The molecule has 2 aromatic rings. The molecule has 0 aromatic heterocycles. The largest absolute Gasteiger partial charge is 0.256 e. The number of benzene rings is 2. The van der Waals surface area contributed by atoms with Crippen LogP contribution in [0.2, 0.25) is 0 Å². The molecule has 2 heteroatoms. The lowest BCUT2D eigenvalue weighted by Crippen LogP contribution is -1.81. The van der Waals surface area contributed by atoms with Gasteiger partial charge in [0.2, 0.25) is 0 Å². The van der Waals surface area contributed by atoms with Gasteiger partial charge in [-0.1, -0.05) is 43.0 Å². The molecule has 0 aliphatic carbocycles. The predicted octanol–water partition coefficient (Wildman–Crippen LogP) is 4.22. The maximum atomic E-state index is 12.7. The van der Waals surface area contributed by atoms with E-state index in [1.165, 1.54) is 12.1 Å². The maximum absolute atomic E-state index is 12.7. The third-order valence-electron chi connectivity index (χ3n) is 2.38. The first-order valence-electron chi connectivity index (χ1n) is 5.31. The molecule has 2 aromatic carbocycles. The van der Waals surface area contributed by atoms with Gasteiger partial charge in [-0.2, -0.15) is 0 Å². The van der Waals surface area contributed by atoms with E-state index in [1.807, 2.05) is 24.3 Å². The number of halogens is 1. The molecule has 2 rings (SSSR count). The molecule has 0 N–H and O–H groups in total. The molecule has 0 amide bonds. The summed E-state index contributed by atoms with van der Waals surface area (Å²) in [6.45, 7) is 3.73. The predicted molar refractivity (Wildman–Crippen MR) is 70.2 cm³/mol. The normalized spacial score (nSPS) is 10.6. The Balaban J connectivity index is 2.25. The number of hydrogen-bond donors (Lipinski definition) is 0. The summed E-state index contributed by atoms with van der Waals surface area (Å²) in [5, 5.41) is 0. The summed E-state index contributed by atoms with van der Waals surface area (Å²) in [4.78, 5) is 4.36. The minimum Gasteiger partial charge on any atom is -0.256 e. The van der Waals surface area contributed by atoms with E-state index in [4.69, 9.17) is 0 Å². The fourth-order valence-electron chi connectivity index (χ4n) is 1.47. The molecule has 0 atom stereocenters. The molecular formula is C15H12FN. The van der Waals surface area contributed by atoms with Crippen LogP contribution in [0.15, 0.2) is 60.1 Å². The Bertz CT molecular complexity index is 541. The maximum Gasteiger partial charge on any atom is 0.123 e. The van der Waals surface area contributed by atoms with Crippen LogP contribution in [0, 0.1) is 5.82 Å². The average Bonchev–Trinajstić information content (AvgIpc) is 2.38. The van der Waals surface area contributed by atoms with Crippen molar-refractivity contribution in [1.29, 1.82) is 0 Å². The average molecular weight is 225 g/mol. The second kappa shape index (κ2) is 5.21. The molecule has 0 aliphatic rings. The summed E-state index contributed by atoms with van der Waals surface area (Å²) in [6, 6.07) is 13.9. The van der Waals surface area contributed by atoms with Gasteiger partial charge >= 0.3 is 0 Å². The molecule has 0 saturated heterocycles. The molecule has 0 heterocycles. The number of aliphatic imine (C=N–C) groups is 1. The van der Waals surface area contributed by atoms with Crippen LogP contribution in [0.4, 0.5) is 10.1 Å². The summed E-state index contributed by atoms with van der Waals surface area (Å²) >= 11 is 0. The molecule has 0 radical (unpaired) electrons. The highest BCUT2D eigenvalue weighted by atomic mass is 19.1. The summed E-state index contributed by atoms with van der Waals surface area (Å²) in [6.07, 6.45) is 3.47. The third kappa shape index (κ3) is 2.88. The van der Waals surface area contributed by atoms with Gasteiger partial charge in [-0.05, 0) is 29.3 Å². The third-order valence-corrected chi connectivity index (χ3v) is 2.38. The molecule has 0 saturated carbocycles. The van der Waals surface area contributed by atoms with E-state index in [1.54, 1.807) is 24.4 Å². The van der Waals surface area contributed by atoms with Gasteiger partial charge in [0.1, 0.15) is 5.82 Å². The molecule has 0 bridgehead atoms. The molecule has 1 nitrogen and oxygen atoms in total. The molecule has 17 heavy (non-hydrogen) atoms. The van der Waals surface area contributed by atoms with Crippen LogP contribution in [0.25, 0.3) is 6.08 Å². The fourth-order valence-corrected chi connectivity index (χ4v) is 1.47. The first-order valence-corrected chi connectivity index (χ1v) is 5.31. The van der Waals surface area contributed by atoms with Gasteiger partial charge < -0.3 is 0 Å². The van der Waals surface area contributed by atoms with Crippen LogP contribution >= 0.6 is 0 Å². The SMILES string of the molecule is C=Cc1ccccc1N=Cc1ccc(F)cc1. The van der Waals surface area contributed by atoms with Crippen molar-refractivity contribution in [2.45, 2.75) is 0 Å². The number of para-hydroxylation sites is 1. The minimum atomic E-state index is -0.242. The van der Waals surface area contributed by atoms with Crippen molar-refractivity contribution in [3.63, 3.8) is 0 Å². The summed E-state index contributed by atoms with van der Waals surface area (Å²) < 4.78 is 12.7. The van der Waals surface area contributed by atoms with E-state index < -0.39 is 0 Å². The van der Waals surface area contributed by atoms with Gasteiger partial charge in [0.05, 0.1) is 5.69 Å². The molecule has 0 aliphatic heterocycles. The van der Waals surface area contributed by atoms with Crippen molar-refractivity contribution in [3.8, 4) is 0 Å². The van der Waals surface area contributed by atoms with Crippen molar-refractivity contribution in [3.05, 3.63) is 72.1 Å². The van der Waals surface area contributed by atoms with E-state index >= 15 is 0 Å². The van der Waals surface area contributed by atoms with Crippen LogP contribution < -0.4 is 0 Å². The van der Waals surface area contributed by atoms with Crippen LogP contribution in [-0.4, -0.2) is 6.21 Å². The Morgan fingerprint density at radius 1 is 1.00 bits per heavy atom. The number of nitrogens with zero attached hydrogens (tertiary/aromatic N) is 1. The smallest absolute Gasteiger partial charge is 0.123 e. The monoisotopic (exact) mass is 225 g/mol.